The molecule has 1 rings (SSSR count). The highest BCUT2D eigenvalue weighted by atomic mass is 16.7. The molecule has 494 valence electrons. The van der Waals surface area contributed by atoms with E-state index in [1.54, 1.807) is 0 Å². The van der Waals surface area contributed by atoms with E-state index in [2.05, 4.69) is 67.8 Å². The van der Waals surface area contributed by atoms with Crippen molar-refractivity contribution >= 4 is 5.91 Å². The van der Waals surface area contributed by atoms with Crippen LogP contribution in [-0.4, -0.2) is 110 Å². The number of ether oxygens (including phenoxy) is 2. The smallest absolute Gasteiger partial charge is 0.249 e. The van der Waals surface area contributed by atoms with Gasteiger partial charge in [-0.2, -0.15) is 0 Å². The lowest BCUT2D eigenvalue weighted by molar-refractivity contribution is -0.303. The molecule has 0 radical (unpaired) electrons. The molecule has 9 atom stereocenters. The Morgan fingerprint density at radius 2 is 0.714 bits per heavy atom. The van der Waals surface area contributed by atoms with Crippen LogP contribution in [0.25, 0.3) is 0 Å². The Kier molecular flexibility index (Phi) is 58.5. The van der Waals surface area contributed by atoms with E-state index < -0.39 is 74.2 Å². The molecule has 0 spiro atoms. The first-order valence-corrected chi connectivity index (χ1v) is 36.0. The van der Waals surface area contributed by atoms with Gasteiger partial charge in [-0.15, -0.1) is 0 Å². The van der Waals surface area contributed by atoms with Crippen LogP contribution in [0.15, 0.2) is 48.6 Å². The molecule has 84 heavy (non-hydrogen) atoms. The first-order chi connectivity index (χ1) is 41.2. The summed E-state index contributed by atoms with van der Waals surface area (Å²) in [7, 11) is 0. The second-order valence-corrected chi connectivity index (χ2v) is 25.3. The topological polar surface area (TPSA) is 189 Å². The molecule has 1 amide bonds. The highest BCUT2D eigenvalue weighted by Crippen LogP contribution is 2.24. The van der Waals surface area contributed by atoms with Gasteiger partial charge in [0.05, 0.1) is 25.4 Å². The summed E-state index contributed by atoms with van der Waals surface area (Å²) in [6.07, 6.45) is 69.2. The highest BCUT2D eigenvalue weighted by Gasteiger charge is 2.44. The van der Waals surface area contributed by atoms with Gasteiger partial charge in [0.25, 0.3) is 0 Å². The number of carbonyl (C=O) groups is 1. The first kappa shape index (κ1) is 80.1. The molecule has 9 unspecified atom stereocenters. The molecule has 11 nitrogen and oxygen atoms in total. The van der Waals surface area contributed by atoms with Crippen LogP contribution >= 0.6 is 0 Å². The molecule has 1 aliphatic heterocycles. The molecule has 0 aromatic heterocycles. The van der Waals surface area contributed by atoms with E-state index >= 15 is 0 Å². The Bertz CT molecular complexity index is 1510. The van der Waals surface area contributed by atoms with Gasteiger partial charge < -0.3 is 50.5 Å². The SMILES string of the molecule is CCCCCCCCCCCCCC/C=C\CCCCCCCCCCCCCCCCCCC(O)C(=O)NC(COC1OC(CO)C(O)C(O)C1O)C(O)C(O)CCC/C=C/CC/C=C/CC/C=C/CCCCCCCCCCCCCC. The minimum atomic E-state index is -1.67. The predicted octanol–water partition coefficient (Wildman–Crippen LogP) is 17.5. The van der Waals surface area contributed by atoms with Crippen LogP contribution in [-0.2, 0) is 14.3 Å². The summed E-state index contributed by atoms with van der Waals surface area (Å²) < 4.78 is 11.2. The van der Waals surface area contributed by atoms with E-state index in [4.69, 9.17) is 9.47 Å². The number of hydrogen-bond acceptors (Lipinski definition) is 10. The Balaban J connectivity index is 2.21. The number of amides is 1. The average molecular weight is 1190 g/mol. The molecule has 1 saturated heterocycles. The molecule has 1 fully saturated rings. The van der Waals surface area contributed by atoms with Crippen molar-refractivity contribution < 1.29 is 50.0 Å². The van der Waals surface area contributed by atoms with Crippen molar-refractivity contribution in [1.82, 2.24) is 5.32 Å². The number of carbonyl (C=O) groups excluding carboxylic acids is 1. The van der Waals surface area contributed by atoms with Gasteiger partial charge in [0.1, 0.15) is 36.6 Å². The molecule has 0 aromatic rings. The van der Waals surface area contributed by atoms with Gasteiger partial charge in [-0.1, -0.05) is 300 Å². The fourth-order valence-corrected chi connectivity index (χ4v) is 11.5. The number of hydrogen-bond donors (Lipinski definition) is 8. The van der Waals surface area contributed by atoms with Crippen molar-refractivity contribution in [3.63, 3.8) is 0 Å². The molecule has 0 saturated carbocycles. The molecule has 0 aliphatic carbocycles. The first-order valence-electron chi connectivity index (χ1n) is 36.0. The second kappa shape index (κ2) is 61.3. The molecule has 1 aliphatic rings. The van der Waals surface area contributed by atoms with Crippen LogP contribution in [0.1, 0.15) is 341 Å². The van der Waals surface area contributed by atoms with Crippen molar-refractivity contribution in [2.45, 2.75) is 396 Å². The van der Waals surface area contributed by atoms with Crippen LogP contribution in [0.4, 0.5) is 0 Å². The Morgan fingerprint density at radius 1 is 0.405 bits per heavy atom. The third-order valence-corrected chi connectivity index (χ3v) is 17.3. The van der Waals surface area contributed by atoms with Crippen LogP contribution in [0, 0.1) is 0 Å². The lowest BCUT2D eigenvalue weighted by Crippen LogP contribution is -2.60. The highest BCUT2D eigenvalue weighted by molar-refractivity contribution is 5.80. The van der Waals surface area contributed by atoms with Gasteiger partial charge in [-0.3, -0.25) is 4.79 Å². The molecular formula is C73H137NO10. The quantitative estimate of drug-likeness (QED) is 0.0215. The average Bonchev–Trinajstić information content (AvgIpc) is 3.69. The van der Waals surface area contributed by atoms with Crippen LogP contribution in [0.5, 0.6) is 0 Å². The Morgan fingerprint density at radius 3 is 1.06 bits per heavy atom. The largest absolute Gasteiger partial charge is 0.394 e. The maximum atomic E-state index is 13.3. The zero-order chi connectivity index (χ0) is 61.0. The zero-order valence-corrected chi connectivity index (χ0v) is 54.6. The fraction of sp³-hybridized carbons (Fsp3) is 0.877. The van der Waals surface area contributed by atoms with E-state index in [-0.39, 0.29) is 12.8 Å². The number of rotatable bonds is 63. The van der Waals surface area contributed by atoms with Crippen molar-refractivity contribution in [2.24, 2.45) is 0 Å². The van der Waals surface area contributed by atoms with Crippen molar-refractivity contribution in [3.05, 3.63) is 48.6 Å². The third kappa shape index (κ3) is 48.1. The minimum Gasteiger partial charge on any atom is -0.394 e. The fourth-order valence-electron chi connectivity index (χ4n) is 11.5. The summed E-state index contributed by atoms with van der Waals surface area (Å²) in [5.74, 6) is -0.708. The number of aliphatic hydroxyl groups is 7. The number of allylic oxidation sites excluding steroid dienone is 8. The summed E-state index contributed by atoms with van der Waals surface area (Å²) in [5, 5.41) is 76.5. The normalized spacial score (nSPS) is 19.2. The van der Waals surface area contributed by atoms with Gasteiger partial charge in [0, 0.05) is 0 Å². The third-order valence-electron chi connectivity index (χ3n) is 17.3. The van der Waals surface area contributed by atoms with Crippen LogP contribution in [0.2, 0.25) is 0 Å². The monoisotopic (exact) mass is 1190 g/mol. The lowest BCUT2D eigenvalue weighted by Gasteiger charge is -2.40. The Labute approximate surface area is 517 Å². The predicted molar refractivity (Wildman–Crippen MR) is 353 cm³/mol. The molecule has 11 heteroatoms. The van der Waals surface area contributed by atoms with Gasteiger partial charge in [-0.25, -0.2) is 0 Å². The maximum absolute atomic E-state index is 13.3. The number of nitrogens with one attached hydrogen (secondary N) is 1. The number of unbranched alkanes of at least 4 members (excludes halogenated alkanes) is 43. The van der Waals surface area contributed by atoms with Crippen molar-refractivity contribution in [1.29, 1.82) is 0 Å². The Hall–Kier alpha value is -1.93. The van der Waals surface area contributed by atoms with E-state index in [9.17, 15) is 40.5 Å². The van der Waals surface area contributed by atoms with Gasteiger partial charge >= 0.3 is 0 Å². The van der Waals surface area contributed by atoms with E-state index in [1.807, 2.05) is 0 Å². The standard InChI is InChI=1S/C73H137NO10/c1-3-5-7-9-11-13-15-17-19-21-23-25-27-29-30-31-32-33-34-35-37-39-41-43-45-47-49-51-53-55-57-59-61-66(77)72(82)74-64(63-83-73-71(81)70(80)69(79)67(62-75)84-73)68(78)65(76)60-58-56-54-52-50-48-46-44-42-40-38-36-28-26-24-22-20-18-16-14-12-10-8-6-4-2/h29-30,36,38,44,46,52,54,64-71,73,75-81H,3-28,31-35,37,39-43,45,47-51,53,55-63H2,1-2H3,(H,74,82)/b30-29-,38-36+,46-44+,54-52+. The van der Waals surface area contributed by atoms with Crippen molar-refractivity contribution in [2.75, 3.05) is 13.2 Å². The lowest BCUT2D eigenvalue weighted by atomic mass is 9.98. The minimum absolute atomic E-state index is 0.242. The van der Waals surface area contributed by atoms with Gasteiger partial charge in [0.2, 0.25) is 5.91 Å². The van der Waals surface area contributed by atoms with Crippen LogP contribution < -0.4 is 5.32 Å². The molecule has 1 heterocycles. The summed E-state index contributed by atoms with van der Waals surface area (Å²) in [5.41, 5.74) is 0. The van der Waals surface area contributed by atoms with Gasteiger partial charge in [0.15, 0.2) is 6.29 Å². The summed E-state index contributed by atoms with van der Waals surface area (Å²) in [6.45, 7) is 3.48. The van der Waals surface area contributed by atoms with E-state index in [0.717, 1.165) is 44.9 Å². The molecule has 8 N–H and O–H groups in total. The zero-order valence-electron chi connectivity index (χ0n) is 54.6. The molecular weight excluding hydrogens is 1050 g/mol. The molecule has 0 bridgehead atoms. The summed E-state index contributed by atoms with van der Waals surface area (Å²) in [4.78, 5) is 13.3. The van der Waals surface area contributed by atoms with Crippen LogP contribution in [0.3, 0.4) is 0 Å². The van der Waals surface area contributed by atoms with Crippen molar-refractivity contribution in [3.8, 4) is 0 Å². The number of aliphatic hydroxyl groups excluding tert-OH is 7. The summed E-state index contributed by atoms with van der Waals surface area (Å²) in [6, 6.07) is -1.20. The maximum Gasteiger partial charge on any atom is 0.249 e. The van der Waals surface area contributed by atoms with E-state index in [1.165, 1.54) is 250 Å². The molecule has 0 aromatic carbocycles. The summed E-state index contributed by atoms with van der Waals surface area (Å²) >= 11 is 0. The van der Waals surface area contributed by atoms with E-state index in [0.29, 0.717) is 19.3 Å². The second-order valence-electron chi connectivity index (χ2n) is 25.3. The van der Waals surface area contributed by atoms with Gasteiger partial charge in [-0.05, 0) is 89.9 Å².